The van der Waals surface area contributed by atoms with Gasteiger partial charge in [0, 0.05) is 22.3 Å². The molecule has 0 aliphatic rings. The lowest BCUT2D eigenvalue weighted by Gasteiger charge is -2.06. The van der Waals surface area contributed by atoms with E-state index < -0.39 is 0 Å². The molecule has 0 fully saturated rings. The number of hydrogen-bond donors (Lipinski definition) is 0. The van der Waals surface area contributed by atoms with E-state index in [9.17, 15) is 0 Å². The summed E-state index contributed by atoms with van der Waals surface area (Å²) in [5, 5.41) is 9.74. The van der Waals surface area contributed by atoms with Crippen molar-refractivity contribution in [2.45, 2.75) is 19.9 Å². The second-order valence-corrected chi connectivity index (χ2v) is 6.83. The number of ether oxygens (including phenoxy) is 1. The van der Waals surface area contributed by atoms with E-state index in [1.54, 1.807) is 11.0 Å². The third-order valence-electron chi connectivity index (χ3n) is 4.28. The summed E-state index contributed by atoms with van der Waals surface area (Å²) in [5.41, 5.74) is 3.90. The SMILES string of the molecule is CCCOc1ccc(-c2nn(-c3ccc(Cl)cc3)cc2Cn2cncn2)cc1. The van der Waals surface area contributed by atoms with Gasteiger partial charge in [-0.25, -0.2) is 14.3 Å². The second kappa shape index (κ2) is 8.27. The average Bonchev–Trinajstić information content (AvgIpc) is 3.38. The Balaban J connectivity index is 1.70. The van der Waals surface area contributed by atoms with Gasteiger partial charge in [-0.15, -0.1) is 0 Å². The summed E-state index contributed by atoms with van der Waals surface area (Å²) in [7, 11) is 0. The van der Waals surface area contributed by atoms with Crippen LogP contribution in [0.25, 0.3) is 16.9 Å². The van der Waals surface area contributed by atoms with Crippen LogP contribution in [-0.4, -0.2) is 31.2 Å². The Labute approximate surface area is 168 Å². The topological polar surface area (TPSA) is 57.8 Å². The summed E-state index contributed by atoms with van der Waals surface area (Å²) >= 11 is 6.02. The Bertz CT molecular complexity index is 1020. The molecule has 4 rings (SSSR count). The molecule has 0 aliphatic heterocycles. The molecule has 7 heteroatoms. The van der Waals surface area contributed by atoms with Gasteiger partial charge in [0.2, 0.25) is 0 Å². The molecular weight excluding hydrogens is 374 g/mol. The molecule has 0 unspecified atom stereocenters. The van der Waals surface area contributed by atoms with Gasteiger partial charge in [0.1, 0.15) is 18.4 Å². The molecule has 4 aromatic rings. The molecule has 0 bridgehead atoms. The van der Waals surface area contributed by atoms with Crippen LogP contribution in [0.1, 0.15) is 18.9 Å². The zero-order valence-electron chi connectivity index (χ0n) is 15.5. The van der Waals surface area contributed by atoms with Crippen molar-refractivity contribution in [2.24, 2.45) is 0 Å². The lowest BCUT2D eigenvalue weighted by molar-refractivity contribution is 0.317. The molecule has 28 heavy (non-hydrogen) atoms. The zero-order valence-corrected chi connectivity index (χ0v) is 16.3. The quantitative estimate of drug-likeness (QED) is 0.459. The third kappa shape index (κ3) is 4.07. The van der Waals surface area contributed by atoms with Gasteiger partial charge >= 0.3 is 0 Å². The van der Waals surface area contributed by atoms with Crippen LogP contribution < -0.4 is 4.74 Å². The van der Waals surface area contributed by atoms with Crippen LogP contribution in [0.4, 0.5) is 0 Å². The highest BCUT2D eigenvalue weighted by molar-refractivity contribution is 6.30. The molecule has 0 spiro atoms. The van der Waals surface area contributed by atoms with Crippen LogP contribution in [0, 0.1) is 0 Å². The van der Waals surface area contributed by atoms with Crippen LogP contribution in [0.2, 0.25) is 5.02 Å². The number of hydrogen-bond acceptors (Lipinski definition) is 4. The van der Waals surface area contributed by atoms with Crippen molar-refractivity contribution in [3.63, 3.8) is 0 Å². The number of halogens is 1. The van der Waals surface area contributed by atoms with Gasteiger partial charge in [0.15, 0.2) is 0 Å². The normalized spacial score (nSPS) is 10.9. The van der Waals surface area contributed by atoms with Gasteiger partial charge in [-0.1, -0.05) is 18.5 Å². The smallest absolute Gasteiger partial charge is 0.137 e. The van der Waals surface area contributed by atoms with E-state index in [1.165, 1.54) is 6.33 Å². The molecule has 0 saturated carbocycles. The molecule has 2 aromatic carbocycles. The highest BCUT2D eigenvalue weighted by atomic mass is 35.5. The Morgan fingerprint density at radius 1 is 1.04 bits per heavy atom. The minimum Gasteiger partial charge on any atom is -0.494 e. The van der Waals surface area contributed by atoms with Gasteiger partial charge in [-0.2, -0.15) is 10.2 Å². The van der Waals surface area contributed by atoms with Crippen molar-refractivity contribution in [3.05, 3.63) is 78.0 Å². The molecule has 0 radical (unpaired) electrons. The summed E-state index contributed by atoms with van der Waals surface area (Å²) in [5.74, 6) is 0.862. The van der Waals surface area contributed by atoms with Gasteiger partial charge in [-0.3, -0.25) is 0 Å². The first-order valence-corrected chi connectivity index (χ1v) is 9.51. The van der Waals surface area contributed by atoms with Crippen LogP contribution in [-0.2, 0) is 6.54 Å². The van der Waals surface area contributed by atoms with E-state index in [0.717, 1.165) is 34.7 Å². The van der Waals surface area contributed by atoms with Gasteiger partial charge < -0.3 is 4.74 Å². The second-order valence-electron chi connectivity index (χ2n) is 6.39. The molecule has 0 amide bonds. The Morgan fingerprint density at radius 3 is 2.50 bits per heavy atom. The maximum Gasteiger partial charge on any atom is 0.137 e. The average molecular weight is 394 g/mol. The van der Waals surface area contributed by atoms with E-state index in [-0.39, 0.29) is 0 Å². The van der Waals surface area contributed by atoms with Gasteiger partial charge in [-0.05, 0) is 55.0 Å². The predicted octanol–water partition coefficient (Wildman–Crippen LogP) is 4.62. The summed E-state index contributed by atoms with van der Waals surface area (Å²) in [4.78, 5) is 4.03. The zero-order chi connectivity index (χ0) is 19.3. The fraction of sp³-hybridized carbons (Fsp3) is 0.190. The molecule has 0 N–H and O–H groups in total. The fourth-order valence-corrected chi connectivity index (χ4v) is 3.04. The minimum absolute atomic E-state index is 0.580. The van der Waals surface area contributed by atoms with E-state index in [2.05, 4.69) is 17.0 Å². The first-order valence-electron chi connectivity index (χ1n) is 9.13. The molecule has 0 atom stereocenters. The van der Waals surface area contributed by atoms with E-state index in [0.29, 0.717) is 18.2 Å². The Kier molecular flexibility index (Phi) is 5.39. The molecule has 2 heterocycles. The summed E-state index contributed by atoms with van der Waals surface area (Å²) in [6.45, 7) is 3.38. The maximum absolute atomic E-state index is 6.02. The molecule has 0 aliphatic carbocycles. The molecule has 6 nitrogen and oxygen atoms in total. The number of benzene rings is 2. The first-order chi connectivity index (χ1) is 13.7. The number of rotatable bonds is 7. The van der Waals surface area contributed by atoms with E-state index >= 15 is 0 Å². The Morgan fingerprint density at radius 2 is 1.82 bits per heavy atom. The van der Waals surface area contributed by atoms with Crippen molar-refractivity contribution in [1.82, 2.24) is 24.5 Å². The first kappa shape index (κ1) is 18.3. The molecule has 2 aromatic heterocycles. The highest BCUT2D eigenvalue weighted by Gasteiger charge is 2.13. The molecule has 142 valence electrons. The summed E-state index contributed by atoms with van der Waals surface area (Å²) < 4.78 is 9.33. The lowest BCUT2D eigenvalue weighted by atomic mass is 10.1. The van der Waals surface area contributed by atoms with Crippen molar-refractivity contribution >= 4 is 11.6 Å². The fourth-order valence-electron chi connectivity index (χ4n) is 2.91. The monoisotopic (exact) mass is 393 g/mol. The number of nitrogens with zero attached hydrogens (tertiary/aromatic N) is 5. The third-order valence-corrected chi connectivity index (χ3v) is 4.53. The van der Waals surface area contributed by atoms with Gasteiger partial charge in [0.25, 0.3) is 0 Å². The molecule has 0 saturated heterocycles. The van der Waals surface area contributed by atoms with Crippen molar-refractivity contribution in [2.75, 3.05) is 6.61 Å². The predicted molar refractivity (Wildman–Crippen MR) is 109 cm³/mol. The van der Waals surface area contributed by atoms with Gasteiger partial charge in [0.05, 0.1) is 24.5 Å². The Hall–Kier alpha value is -3.12. The van der Waals surface area contributed by atoms with E-state index in [4.69, 9.17) is 21.4 Å². The van der Waals surface area contributed by atoms with Crippen molar-refractivity contribution in [1.29, 1.82) is 0 Å². The minimum atomic E-state index is 0.580. The summed E-state index contributed by atoms with van der Waals surface area (Å²) in [6, 6.07) is 15.6. The van der Waals surface area contributed by atoms with Crippen LogP contribution >= 0.6 is 11.6 Å². The molecular formula is C21H20ClN5O. The maximum atomic E-state index is 6.02. The van der Waals surface area contributed by atoms with Crippen LogP contribution in [0.5, 0.6) is 5.75 Å². The van der Waals surface area contributed by atoms with Crippen molar-refractivity contribution in [3.8, 4) is 22.7 Å². The van der Waals surface area contributed by atoms with Crippen molar-refractivity contribution < 1.29 is 4.74 Å². The lowest BCUT2D eigenvalue weighted by Crippen LogP contribution is -2.00. The summed E-state index contributed by atoms with van der Waals surface area (Å²) in [6.07, 6.45) is 6.23. The van der Waals surface area contributed by atoms with Crippen LogP contribution in [0.15, 0.2) is 67.4 Å². The number of aromatic nitrogens is 5. The standard InChI is InChI=1S/C21H20ClN5O/c1-2-11-28-20-9-3-16(4-10-20)21-17(12-26-15-23-14-24-26)13-27(25-21)19-7-5-18(22)6-8-19/h3-10,13-15H,2,11-12H2,1H3. The van der Waals surface area contributed by atoms with Crippen LogP contribution in [0.3, 0.4) is 0 Å². The highest BCUT2D eigenvalue weighted by Crippen LogP contribution is 2.27. The van der Waals surface area contributed by atoms with E-state index in [1.807, 2.05) is 59.4 Å². The largest absolute Gasteiger partial charge is 0.494 e.